The molecule has 1 saturated heterocycles. The molecule has 0 aliphatic carbocycles. The van der Waals surface area contributed by atoms with Crippen LogP contribution in [-0.2, 0) is 9.53 Å². The first-order valence-electron chi connectivity index (χ1n) is 6.81. The van der Waals surface area contributed by atoms with Crippen LogP contribution in [-0.4, -0.2) is 49.5 Å². The highest BCUT2D eigenvalue weighted by molar-refractivity contribution is 5.89. The second kappa shape index (κ2) is 5.52. The molecule has 1 aliphatic rings. The largest absolute Gasteiger partial charge is 0.394 e. The Bertz CT molecular complexity index is 767. The smallest absolute Gasteiger partial charge is 0.277 e. The van der Waals surface area contributed by atoms with Crippen molar-refractivity contribution in [2.24, 2.45) is 0 Å². The van der Waals surface area contributed by atoms with E-state index in [0.29, 0.717) is 5.52 Å². The Balaban J connectivity index is 2.02. The Morgan fingerprint density at radius 3 is 3.05 bits per heavy atom. The summed E-state index contributed by atoms with van der Waals surface area (Å²) in [6.07, 6.45) is -0.277. The number of H-pyrrole nitrogens is 1. The molecule has 1 amide bonds. The molecule has 1 aliphatic heterocycles. The summed E-state index contributed by atoms with van der Waals surface area (Å²) in [5.74, 6) is -0.0575. The van der Waals surface area contributed by atoms with Crippen LogP contribution in [0.15, 0.2) is 17.2 Å². The maximum absolute atomic E-state index is 12.0. The van der Waals surface area contributed by atoms with E-state index in [4.69, 9.17) is 9.84 Å². The van der Waals surface area contributed by atoms with E-state index in [0.717, 1.165) is 0 Å². The van der Waals surface area contributed by atoms with Gasteiger partial charge in [0.15, 0.2) is 5.52 Å². The van der Waals surface area contributed by atoms with Crippen LogP contribution in [0.1, 0.15) is 19.6 Å². The number of aliphatic hydroxyl groups is 2. The van der Waals surface area contributed by atoms with Gasteiger partial charge in [-0.05, 0) is 0 Å². The summed E-state index contributed by atoms with van der Waals surface area (Å²) in [5.41, 5.74) is 0.250. The molecule has 2 aromatic heterocycles. The van der Waals surface area contributed by atoms with E-state index < -0.39 is 24.0 Å². The quantitative estimate of drug-likeness (QED) is 0.595. The minimum Gasteiger partial charge on any atom is -0.394 e. The third kappa shape index (κ3) is 2.49. The van der Waals surface area contributed by atoms with Crippen LogP contribution in [0.2, 0.25) is 0 Å². The molecule has 0 bridgehead atoms. The number of rotatable bonds is 3. The number of pyridine rings is 1. The van der Waals surface area contributed by atoms with Crippen LogP contribution < -0.4 is 10.9 Å². The number of anilines is 1. The van der Waals surface area contributed by atoms with Crippen LogP contribution in [0.5, 0.6) is 0 Å². The van der Waals surface area contributed by atoms with Gasteiger partial charge in [-0.2, -0.15) is 0 Å². The summed E-state index contributed by atoms with van der Waals surface area (Å²) < 4.78 is 7.17. The van der Waals surface area contributed by atoms with E-state index in [2.05, 4.69) is 15.3 Å². The van der Waals surface area contributed by atoms with E-state index in [1.807, 2.05) is 0 Å². The lowest BCUT2D eigenvalue weighted by molar-refractivity contribution is -0.114. The van der Waals surface area contributed by atoms with Gasteiger partial charge >= 0.3 is 0 Å². The molecule has 3 heterocycles. The second-order valence-electron chi connectivity index (χ2n) is 5.19. The van der Waals surface area contributed by atoms with Gasteiger partial charge in [-0.1, -0.05) is 0 Å². The number of imidazole rings is 1. The summed E-state index contributed by atoms with van der Waals surface area (Å²) in [6.45, 7) is 1.05. The Kier molecular flexibility index (Phi) is 3.69. The first-order valence-corrected chi connectivity index (χ1v) is 6.81. The van der Waals surface area contributed by atoms with Gasteiger partial charge in [0.05, 0.1) is 24.6 Å². The van der Waals surface area contributed by atoms with Crippen molar-refractivity contribution in [1.29, 1.82) is 0 Å². The summed E-state index contributed by atoms with van der Waals surface area (Å²) >= 11 is 0. The molecule has 2 aromatic rings. The molecule has 0 unspecified atom stereocenters. The average molecular weight is 308 g/mol. The van der Waals surface area contributed by atoms with E-state index in [9.17, 15) is 14.7 Å². The highest BCUT2D eigenvalue weighted by atomic mass is 16.5. The van der Waals surface area contributed by atoms with E-state index in [-0.39, 0.29) is 30.3 Å². The molecule has 0 spiro atoms. The highest BCUT2D eigenvalue weighted by Crippen LogP contribution is 2.30. The van der Waals surface area contributed by atoms with Crippen LogP contribution in [0, 0.1) is 0 Å². The fourth-order valence-corrected chi connectivity index (χ4v) is 2.58. The third-order valence-electron chi connectivity index (χ3n) is 3.58. The number of nitrogens with one attached hydrogen (secondary N) is 2. The van der Waals surface area contributed by atoms with Gasteiger partial charge in [0.2, 0.25) is 5.91 Å². The third-order valence-corrected chi connectivity index (χ3v) is 3.58. The number of hydrogen-bond donors (Lipinski definition) is 4. The standard InChI is InChI=1S/C13H16N4O5/c1-6(19)15-10-2-7-12(13(21)16-10)14-5-17(7)11-3-8(20)9(4-18)22-11/h2,5,8-9,11,18,20H,3-4H2,1H3,(H2,15,16,19,21)/t8-,9+,11+/m0/s1. The predicted molar refractivity (Wildman–Crippen MR) is 76.3 cm³/mol. The molecule has 3 rings (SSSR count). The lowest BCUT2D eigenvalue weighted by Gasteiger charge is -2.14. The molecule has 0 saturated carbocycles. The van der Waals surface area contributed by atoms with Crippen LogP contribution >= 0.6 is 0 Å². The predicted octanol–water partition coefficient (Wildman–Crippen LogP) is -0.676. The van der Waals surface area contributed by atoms with Gasteiger partial charge in [-0.3, -0.25) is 9.59 Å². The van der Waals surface area contributed by atoms with E-state index in [1.54, 1.807) is 10.6 Å². The monoisotopic (exact) mass is 308 g/mol. The first-order chi connectivity index (χ1) is 10.5. The van der Waals surface area contributed by atoms with Gasteiger partial charge in [0.1, 0.15) is 18.1 Å². The summed E-state index contributed by atoms with van der Waals surface area (Å²) in [5, 5.41) is 21.5. The fourth-order valence-electron chi connectivity index (χ4n) is 2.58. The van der Waals surface area contributed by atoms with Gasteiger partial charge < -0.3 is 29.8 Å². The number of aromatic amines is 1. The summed E-state index contributed by atoms with van der Waals surface area (Å²) in [7, 11) is 0. The molecular formula is C13H16N4O5. The second-order valence-corrected chi connectivity index (χ2v) is 5.19. The molecule has 1 fully saturated rings. The molecule has 22 heavy (non-hydrogen) atoms. The van der Waals surface area contributed by atoms with Crippen molar-refractivity contribution in [3.63, 3.8) is 0 Å². The van der Waals surface area contributed by atoms with Crippen molar-refractivity contribution in [2.75, 3.05) is 11.9 Å². The van der Waals surface area contributed by atoms with Crippen molar-refractivity contribution >= 4 is 22.8 Å². The Labute approximate surface area is 124 Å². The number of hydrogen-bond acceptors (Lipinski definition) is 6. The van der Waals surface area contributed by atoms with Crippen LogP contribution in [0.3, 0.4) is 0 Å². The average Bonchev–Trinajstić information content (AvgIpc) is 3.01. The highest BCUT2D eigenvalue weighted by Gasteiger charge is 2.35. The topological polar surface area (TPSA) is 129 Å². The zero-order valence-electron chi connectivity index (χ0n) is 11.8. The van der Waals surface area contributed by atoms with Crippen molar-refractivity contribution in [3.8, 4) is 0 Å². The molecule has 118 valence electrons. The minimum absolute atomic E-state index is 0.208. The summed E-state index contributed by atoms with van der Waals surface area (Å²) in [6, 6.07) is 1.58. The molecule has 9 nitrogen and oxygen atoms in total. The number of ether oxygens (including phenoxy) is 1. The van der Waals surface area contributed by atoms with Crippen LogP contribution in [0.4, 0.5) is 5.82 Å². The van der Waals surface area contributed by atoms with Crippen molar-refractivity contribution < 1.29 is 19.7 Å². The molecule has 3 atom stereocenters. The molecular weight excluding hydrogens is 292 g/mol. The summed E-state index contributed by atoms with van der Waals surface area (Å²) in [4.78, 5) is 29.7. The number of aromatic nitrogens is 3. The zero-order valence-corrected chi connectivity index (χ0v) is 11.8. The Hall–Kier alpha value is -2.23. The van der Waals surface area contributed by atoms with Gasteiger partial charge in [-0.25, -0.2) is 4.98 Å². The van der Waals surface area contributed by atoms with Crippen LogP contribution in [0.25, 0.3) is 11.0 Å². The number of carbonyl (C=O) groups excluding carboxylic acids is 1. The lowest BCUT2D eigenvalue weighted by atomic mass is 10.2. The fraction of sp³-hybridized carbons (Fsp3) is 0.462. The number of aliphatic hydroxyl groups excluding tert-OH is 2. The van der Waals surface area contributed by atoms with Gasteiger partial charge in [-0.15, -0.1) is 0 Å². The van der Waals surface area contributed by atoms with Gasteiger partial charge in [0.25, 0.3) is 5.56 Å². The van der Waals surface area contributed by atoms with Crippen molar-refractivity contribution in [1.82, 2.24) is 14.5 Å². The molecule has 9 heteroatoms. The SMILES string of the molecule is CC(=O)Nc1cc2c(ncn2[C@H]2C[C@H](O)[C@@H](CO)O2)c(=O)[nH]1. The number of amides is 1. The molecule has 0 radical (unpaired) electrons. The minimum atomic E-state index is -0.788. The normalized spacial score (nSPS) is 24.8. The Morgan fingerprint density at radius 2 is 2.41 bits per heavy atom. The van der Waals surface area contributed by atoms with Crippen molar-refractivity contribution in [2.45, 2.75) is 31.8 Å². The molecule has 4 N–H and O–H groups in total. The lowest BCUT2D eigenvalue weighted by Crippen LogP contribution is -2.24. The Morgan fingerprint density at radius 1 is 1.64 bits per heavy atom. The van der Waals surface area contributed by atoms with E-state index in [1.165, 1.54) is 13.3 Å². The number of fused-ring (bicyclic) bond motifs is 1. The first kappa shape index (κ1) is 14.7. The van der Waals surface area contributed by atoms with E-state index >= 15 is 0 Å². The maximum Gasteiger partial charge on any atom is 0.277 e. The molecule has 0 aromatic carbocycles. The number of carbonyl (C=O) groups is 1. The zero-order chi connectivity index (χ0) is 15.9. The number of nitrogens with zero attached hydrogens (tertiary/aromatic N) is 2. The van der Waals surface area contributed by atoms with Crippen molar-refractivity contribution in [3.05, 3.63) is 22.7 Å². The maximum atomic E-state index is 12.0. The van der Waals surface area contributed by atoms with Gasteiger partial charge in [0, 0.05) is 19.4 Å².